The van der Waals surface area contributed by atoms with Crippen LogP contribution in [-0.4, -0.2) is 14.8 Å². The van der Waals surface area contributed by atoms with Gasteiger partial charge in [-0.15, -0.1) is 0 Å². The number of aromatic nitrogens is 3. The van der Waals surface area contributed by atoms with Crippen molar-refractivity contribution in [3.8, 4) is 0 Å². The van der Waals surface area contributed by atoms with Crippen molar-refractivity contribution in [2.75, 3.05) is 0 Å². The van der Waals surface area contributed by atoms with Crippen LogP contribution in [0, 0.1) is 0 Å². The van der Waals surface area contributed by atoms with E-state index in [1.165, 1.54) is 0 Å². The summed E-state index contributed by atoms with van der Waals surface area (Å²) in [5, 5.41) is 4.83. The van der Waals surface area contributed by atoms with Crippen molar-refractivity contribution in [3.63, 3.8) is 0 Å². The van der Waals surface area contributed by atoms with Crippen molar-refractivity contribution in [1.29, 1.82) is 0 Å². The first-order chi connectivity index (χ1) is 8.20. The Morgan fingerprint density at radius 3 is 3.00 bits per heavy atom. The third-order valence-corrected chi connectivity index (χ3v) is 2.92. The van der Waals surface area contributed by atoms with Crippen LogP contribution in [0.15, 0.2) is 30.7 Å². The van der Waals surface area contributed by atoms with Crippen molar-refractivity contribution in [2.24, 2.45) is 5.73 Å². The van der Waals surface area contributed by atoms with Gasteiger partial charge in [0, 0.05) is 18.9 Å². The molecule has 0 spiro atoms. The fourth-order valence-electron chi connectivity index (χ4n) is 1.71. The summed E-state index contributed by atoms with van der Waals surface area (Å²) in [7, 11) is 0. The van der Waals surface area contributed by atoms with E-state index in [0.29, 0.717) is 11.4 Å². The van der Waals surface area contributed by atoms with E-state index in [1.807, 2.05) is 24.0 Å². The van der Waals surface area contributed by atoms with Gasteiger partial charge in [-0.05, 0) is 31.0 Å². The maximum Gasteiger partial charge on any atom is 0.0760 e. The second kappa shape index (κ2) is 5.29. The standard InChI is InChI=1S/C12H15ClN4/c1-2-17-8-9(7-16-17)6-11(14)12-10(13)4-3-5-15-12/h3-5,7-8,11H,2,6,14H2,1H3. The van der Waals surface area contributed by atoms with E-state index in [-0.39, 0.29) is 6.04 Å². The van der Waals surface area contributed by atoms with Crippen molar-refractivity contribution in [1.82, 2.24) is 14.8 Å². The minimum absolute atomic E-state index is 0.196. The van der Waals surface area contributed by atoms with Gasteiger partial charge in [0.1, 0.15) is 0 Å². The first-order valence-corrected chi connectivity index (χ1v) is 5.95. The Hall–Kier alpha value is -1.39. The zero-order chi connectivity index (χ0) is 12.3. The lowest BCUT2D eigenvalue weighted by atomic mass is 10.1. The van der Waals surface area contributed by atoms with Gasteiger partial charge in [0.2, 0.25) is 0 Å². The van der Waals surface area contributed by atoms with Crippen molar-refractivity contribution in [2.45, 2.75) is 25.9 Å². The van der Waals surface area contributed by atoms with Crippen LogP contribution in [0.25, 0.3) is 0 Å². The molecule has 0 saturated carbocycles. The molecule has 0 amide bonds. The van der Waals surface area contributed by atoms with Gasteiger partial charge >= 0.3 is 0 Å². The molecule has 1 unspecified atom stereocenters. The van der Waals surface area contributed by atoms with Gasteiger partial charge in [-0.25, -0.2) is 0 Å². The molecule has 1 atom stereocenters. The summed E-state index contributed by atoms with van der Waals surface area (Å²) in [4.78, 5) is 4.22. The van der Waals surface area contributed by atoms with Crippen molar-refractivity contribution >= 4 is 11.6 Å². The molecule has 0 aromatic carbocycles. The molecule has 2 aromatic heterocycles. The van der Waals surface area contributed by atoms with E-state index in [0.717, 1.165) is 17.8 Å². The molecule has 0 saturated heterocycles. The lowest BCUT2D eigenvalue weighted by molar-refractivity contribution is 0.656. The second-order valence-corrected chi connectivity index (χ2v) is 4.29. The summed E-state index contributed by atoms with van der Waals surface area (Å²) in [6.45, 7) is 2.91. The highest BCUT2D eigenvalue weighted by Gasteiger charge is 2.12. The van der Waals surface area contributed by atoms with Gasteiger partial charge in [-0.1, -0.05) is 11.6 Å². The van der Waals surface area contributed by atoms with Gasteiger partial charge in [0.05, 0.1) is 23.0 Å². The minimum atomic E-state index is -0.196. The monoisotopic (exact) mass is 250 g/mol. The van der Waals surface area contributed by atoms with Crippen LogP contribution >= 0.6 is 11.6 Å². The Morgan fingerprint density at radius 1 is 1.53 bits per heavy atom. The number of pyridine rings is 1. The maximum atomic E-state index is 6.09. The largest absolute Gasteiger partial charge is 0.322 e. The average Bonchev–Trinajstić information content (AvgIpc) is 2.77. The minimum Gasteiger partial charge on any atom is -0.322 e. The zero-order valence-corrected chi connectivity index (χ0v) is 10.4. The highest BCUT2D eigenvalue weighted by molar-refractivity contribution is 6.31. The third-order valence-electron chi connectivity index (χ3n) is 2.60. The van der Waals surface area contributed by atoms with Crippen LogP contribution in [0.3, 0.4) is 0 Å². The number of halogens is 1. The number of aryl methyl sites for hydroxylation is 1. The molecule has 0 aliphatic heterocycles. The third kappa shape index (κ3) is 2.84. The number of hydrogen-bond acceptors (Lipinski definition) is 3. The molecular weight excluding hydrogens is 236 g/mol. The average molecular weight is 251 g/mol. The Bertz CT molecular complexity index is 495. The van der Waals surface area contributed by atoms with E-state index >= 15 is 0 Å². The fourth-order valence-corrected chi connectivity index (χ4v) is 1.97. The van der Waals surface area contributed by atoms with Crippen LogP contribution in [0.5, 0.6) is 0 Å². The maximum absolute atomic E-state index is 6.09. The van der Waals surface area contributed by atoms with Gasteiger partial charge in [-0.3, -0.25) is 9.67 Å². The predicted molar refractivity (Wildman–Crippen MR) is 67.8 cm³/mol. The lowest BCUT2D eigenvalue weighted by Gasteiger charge is -2.10. The van der Waals surface area contributed by atoms with Crippen molar-refractivity contribution in [3.05, 3.63) is 47.0 Å². The van der Waals surface area contributed by atoms with E-state index in [9.17, 15) is 0 Å². The highest BCUT2D eigenvalue weighted by Crippen LogP contribution is 2.21. The zero-order valence-electron chi connectivity index (χ0n) is 9.68. The molecule has 5 heteroatoms. The fraction of sp³-hybridized carbons (Fsp3) is 0.333. The van der Waals surface area contributed by atoms with E-state index in [4.69, 9.17) is 17.3 Å². The molecule has 0 radical (unpaired) electrons. The lowest BCUT2D eigenvalue weighted by Crippen LogP contribution is -2.15. The molecule has 90 valence electrons. The molecule has 4 nitrogen and oxygen atoms in total. The summed E-state index contributed by atoms with van der Waals surface area (Å²) < 4.78 is 1.88. The molecular formula is C12H15ClN4. The van der Waals surface area contributed by atoms with E-state index in [1.54, 1.807) is 18.3 Å². The first kappa shape index (κ1) is 12.1. The molecule has 0 aliphatic rings. The first-order valence-electron chi connectivity index (χ1n) is 5.58. The molecule has 2 rings (SSSR count). The number of rotatable bonds is 4. The highest BCUT2D eigenvalue weighted by atomic mass is 35.5. The smallest absolute Gasteiger partial charge is 0.0760 e. The Morgan fingerprint density at radius 2 is 2.35 bits per heavy atom. The Kier molecular flexibility index (Phi) is 3.76. The van der Waals surface area contributed by atoms with Crippen LogP contribution in [-0.2, 0) is 13.0 Å². The normalized spacial score (nSPS) is 12.6. The van der Waals surface area contributed by atoms with Gasteiger partial charge in [0.25, 0.3) is 0 Å². The quantitative estimate of drug-likeness (QED) is 0.905. The molecule has 0 bridgehead atoms. The van der Waals surface area contributed by atoms with Crippen LogP contribution in [0.4, 0.5) is 0 Å². The van der Waals surface area contributed by atoms with Gasteiger partial charge in [0.15, 0.2) is 0 Å². The predicted octanol–water partition coefficient (Wildman–Crippen LogP) is 2.19. The van der Waals surface area contributed by atoms with Crippen LogP contribution < -0.4 is 5.73 Å². The Balaban J connectivity index is 2.11. The number of nitrogens with two attached hydrogens (primary N) is 1. The van der Waals surface area contributed by atoms with Gasteiger partial charge in [-0.2, -0.15) is 5.10 Å². The molecule has 17 heavy (non-hydrogen) atoms. The van der Waals surface area contributed by atoms with Crippen molar-refractivity contribution < 1.29 is 0 Å². The topological polar surface area (TPSA) is 56.7 Å². The summed E-state index contributed by atoms with van der Waals surface area (Å²) in [6, 6.07) is 3.41. The summed E-state index contributed by atoms with van der Waals surface area (Å²) in [5.41, 5.74) is 7.93. The number of nitrogens with zero attached hydrogens (tertiary/aromatic N) is 3. The van der Waals surface area contributed by atoms with E-state index in [2.05, 4.69) is 10.1 Å². The summed E-state index contributed by atoms with van der Waals surface area (Å²) in [5.74, 6) is 0. The van der Waals surface area contributed by atoms with Crippen LogP contribution in [0.2, 0.25) is 5.02 Å². The number of hydrogen-bond donors (Lipinski definition) is 1. The summed E-state index contributed by atoms with van der Waals surface area (Å²) in [6.07, 6.45) is 6.23. The van der Waals surface area contributed by atoms with Crippen LogP contribution in [0.1, 0.15) is 24.2 Å². The molecule has 2 heterocycles. The SMILES string of the molecule is CCn1cc(CC(N)c2ncccc2Cl)cn1. The Labute approximate surface area is 105 Å². The van der Waals surface area contributed by atoms with E-state index < -0.39 is 0 Å². The molecule has 2 N–H and O–H groups in total. The second-order valence-electron chi connectivity index (χ2n) is 3.89. The van der Waals surface area contributed by atoms with Gasteiger partial charge < -0.3 is 5.73 Å². The molecule has 0 fully saturated rings. The molecule has 0 aliphatic carbocycles. The molecule has 2 aromatic rings. The summed E-state index contributed by atoms with van der Waals surface area (Å²) >= 11 is 6.05.